The molecular weight excluding hydrogens is 246 g/mol. The van der Waals surface area contributed by atoms with Gasteiger partial charge < -0.3 is 10.1 Å². The maximum atomic E-state index is 10.7. The fraction of sp³-hybridized carbons (Fsp3) is 0.154. The first-order valence-corrected chi connectivity index (χ1v) is 5.82. The fourth-order valence-electron chi connectivity index (χ4n) is 1.53. The van der Waals surface area contributed by atoms with E-state index in [1.165, 1.54) is 12.1 Å². The second kappa shape index (κ2) is 5.81. The van der Waals surface area contributed by atoms with Crippen LogP contribution in [0.25, 0.3) is 0 Å². The van der Waals surface area contributed by atoms with E-state index in [0.29, 0.717) is 17.4 Å². The van der Waals surface area contributed by atoms with Crippen molar-refractivity contribution in [3.05, 3.63) is 52.6 Å². The molecule has 0 spiro atoms. The molecule has 0 amide bonds. The van der Waals surface area contributed by atoms with Gasteiger partial charge in [0.05, 0.1) is 11.0 Å². The van der Waals surface area contributed by atoms with E-state index in [1.54, 1.807) is 24.3 Å². The zero-order valence-corrected chi connectivity index (χ0v) is 10.4. The zero-order chi connectivity index (χ0) is 13.7. The highest BCUT2D eigenvalue weighted by Crippen LogP contribution is 2.24. The number of nitro benzene ring substituents is 1. The van der Waals surface area contributed by atoms with Gasteiger partial charge >= 0.3 is 0 Å². The van der Waals surface area contributed by atoms with Crippen molar-refractivity contribution in [3.8, 4) is 11.6 Å². The first-order valence-electron chi connectivity index (χ1n) is 5.82. The average molecular weight is 259 g/mol. The number of hydrogen-bond acceptors (Lipinski definition) is 5. The van der Waals surface area contributed by atoms with E-state index in [9.17, 15) is 10.1 Å². The minimum absolute atomic E-state index is 0.0136. The number of hydrogen-bond donors (Lipinski definition) is 1. The summed E-state index contributed by atoms with van der Waals surface area (Å²) >= 11 is 0. The average Bonchev–Trinajstić information content (AvgIpc) is 2.40. The van der Waals surface area contributed by atoms with Crippen molar-refractivity contribution in [3.63, 3.8) is 0 Å². The Labute approximate surface area is 110 Å². The van der Waals surface area contributed by atoms with E-state index >= 15 is 0 Å². The summed E-state index contributed by atoms with van der Waals surface area (Å²) in [5.41, 5.74) is -0.0136. The molecule has 1 aromatic carbocycles. The largest absolute Gasteiger partial charge is 0.439 e. The molecule has 1 N–H and O–H groups in total. The maximum absolute atomic E-state index is 10.7. The van der Waals surface area contributed by atoms with Crippen molar-refractivity contribution in [1.82, 2.24) is 4.98 Å². The molecule has 0 radical (unpaired) electrons. The van der Waals surface area contributed by atoms with Crippen molar-refractivity contribution in [2.45, 2.75) is 6.92 Å². The highest BCUT2D eigenvalue weighted by Gasteiger charge is 2.07. The van der Waals surface area contributed by atoms with E-state index in [1.807, 2.05) is 13.0 Å². The number of anilines is 1. The zero-order valence-electron chi connectivity index (χ0n) is 10.4. The lowest BCUT2D eigenvalue weighted by atomic mass is 10.3. The topological polar surface area (TPSA) is 77.3 Å². The van der Waals surface area contributed by atoms with Crippen molar-refractivity contribution in [1.29, 1.82) is 0 Å². The Morgan fingerprint density at radius 3 is 2.84 bits per heavy atom. The first-order chi connectivity index (χ1) is 9.19. The molecule has 0 unspecified atom stereocenters. The molecule has 0 atom stereocenters. The molecule has 1 heterocycles. The molecule has 0 bridgehead atoms. The molecule has 6 nitrogen and oxygen atoms in total. The standard InChI is InChI=1S/C13H13N3O3/c1-2-14-12-7-4-8-13(15-12)19-11-6-3-5-10(9-11)16(17)18/h3-9H,2H2,1H3,(H,14,15). The molecule has 2 aromatic rings. The molecule has 0 saturated carbocycles. The number of non-ortho nitro benzene ring substituents is 1. The summed E-state index contributed by atoms with van der Waals surface area (Å²) in [5.74, 6) is 1.47. The van der Waals surface area contributed by atoms with Crippen LogP contribution >= 0.6 is 0 Å². The van der Waals surface area contributed by atoms with Crippen molar-refractivity contribution in [2.75, 3.05) is 11.9 Å². The van der Waals surface area contributed by atoms with Gasteiger partial charge in [-0.1, -0.05) is 12.1 Å². The van der Waals surface area contributed by atoms with Crippen LogP contribution in [0.5, 0.6) is 11.6 Å². The molecule has 1 aromatic heterocycles. The van der Waals surface area contributed by atoms with Gasteiger partial charge in [-0.3, -0.25) is 10.1 Å². The minimum atomic E-state index is -0.463. The SMILES string of the molecule is CCNc1cccc(Oc2cccc([N+](=O)[O-])c2)n1. The molecule has 0 fully saturated rings. The van der Waals surface area contributed by atoms with Crippen molar-refractivity contribution in [2.24, 2.45) is 0 Å². The smallest absolute Gasteiger partial charge is 0.273 e. The van der Waals surface area contributed by atoms with Crippen LogP contribution in [0.2, 0.25) is 0 Å². The molecule has 98 valence electrons. The summed E-state index contributed by atoms with van der Waals surface area (Å²) in [6, 6.07) is 11.3. The van der Waals surface area contributed by atoms with Crippen molar-refractivity contribution >= 4 is 11.5 Å². The van der Waals surface area contributed by atoms with E-state index in [-0.39, 0.29) is 5.69 Å². The lowest BCUT2D eigenvalue weighted by Gasteiger charge is -2.07. The number of ether oxygens (including phenoxy) is 1. The van der Waals surface area contributed by atoms with Crippen LogP contribution in [0.15, 0.2) is 42.5 Å². The number of rotatable bonds is 5. The Morgan fingerprint density at radius 1 is 1.32 bits per heavy atom. The van der Waals surface area contributed by atoms with E-state index in [2.05, 4.69) is 10.3 Å². The molecule has 6 heteroatoms. The van der Waals surface area contributed by atoms with Gasteiger partial charge in [-0.15, -0.1) is 0 Å². The van der Waals surface area contributed by atoms with E-state index < -0.39 is 4.92 Å². The summed E-state index contributed by atoms with van der Waals surface area (Å²) in [4.78, 5) is 14.4. The molecule has 0 aliphatic rings. The molecule has 19 heavy (non-hydrogen) atoms. The number of nitro groups is 1. The molecule has 0 aliphatic heterocycles. The lowest BCUT2D eigenvalue weighted by Crippen LogP contribution is -1.99. The summed E-state index contributed by atoms with van der Waals surface area (Å²) in [7, 11) is 0. The third-order valence-electron chi connectivity index (χ3n) is 2.33. The minimum Gasteiger partial charge on any atom is -0.439 e. The van der Waals surface area contributed by atoms with Gasteiger partial charge in [0.1, 0.15) is 11.6 Å². The monoisotopic (exact) mass is 259 g/mol. The van der Waals surface area contributed by atoms with Gasteiger partial charge in [0.15, 0.2) is 0 Å². The predicted octanol–water partition coefficient (Wildman–Crippen LogP) is 3.21. The Morgan fingerprint density at radius 2 is 2.11 bits per heavy atom. The van der Waals surface area contributed by atoms with Crippen LogP contribution in [0.4, 0.5) is 11.5 Å². The number of aromatic nitrogens is 1. The molecule has 0 saturated heterocycles. The summed E-state index contributed by atoms with van der Waals surface area (Å²) in [6.45, 7) is 2.73. The van der Waals surface area contributed by atoms with Crippen LogP contribution < -0.4 is 10.1 Å². The third-order valence-corrected chi connectivity index (χ3v) is 2.33. The summed E-state index contributed by atoms with van der Waals surface area (Å²) in [6.07, 6.45) is 0. The van der Waals surface area contributed by atoms with Gasteiger partial charge in [0, 0.05) is 18.7 Å². The molecule has 0 aliphatic carbocycles. The second-order valence-electron chi connectivity index (χ2n) is 3.75. The van der Waals surface area contributed by atoms with E-state index in [0.717, 1.165) is 6.54 Å². The second-order valence-corrected chi connectivity index (χ2v) is 3.75. The van der Waals surface area contributed by atoms with E-state index in [4.69, 9.17) is 4.74 Å². The van der Waals surface area contributed by atoms with Gasteiger partial charge in [-0.25, -0.2) is 0 Å². The van der Waals surface area contributed by atoms with Gasteiger partial charge in [0.25, 0.3) is 5.69 Å². The first kappa shape index (κ1) is 12.8. The number of benzene rings is 1. The number of nitrogens with zero attached hydrogens (tertiary/aromatic N) is 2. The third kappa shape index (κ3) is 3.41. The van der Waals surface area contributed by atoms with Crippen LogP contribution in [0.1, 0.15) is 6.92 Å². The Hall–Kier alpha value is -2.63. The van der Waals surface area contributed by atoms with Gasteiger partial charge in [0.2, 0.25) is 5.88 Å². The van der Waals surface area contributed by atoms with Crippen LogP contribution in [-0.4, -0.2) is 16.5 Å². The van der Waals surface area contributed by atoms with Crippen LogP contribution in [0, 0.1) is 10.1 Å². The Kier molecular flexibility index (Phi) is 3.92. The lowest BCUT2D eigenvalue weighted by molar-refractivity contribution is -0.384. The van der Waals surface area contributed by atoms with Crippen LogP contribution in [-0.2, 0) is 0 Å². The predicted molar refractivity (Wildman–Crippen MR) is 71.6 cm³/mol. The summed E-state index contributed by atoms with van der Waals surface area (Å²) < 4.78 is 5.50. The molecule has 2 rings (SSSR count). The Bertz CT molecular complexity index is 587. The highest BCUT2D eigenvalue weighted by atomic mass is 16.6. The number of nitrogens with one attached hydrogen (secondary N) is 1. The molecular formula is C13H13N3O3. The normalized spacial score (nSPS) is 9.95. The fourth-order valence-corrected chi connectivity index (χ4v) is 1.53. The summed E-state index contributed by atoms with van der Waals surface area (Å²) in [5, 5.41) is 13.7. The Balaban J connectivity index is 2.18. The van der Waals surface area contributed by atoms with Crippen molar-refractivity contribution < 1.29 is 9.66 Å². The maximum Gasteiger partial charge on any atom is 0.273 e. The highest BCUT2D eigenvalue weighted by molar-refractivity contribution is 5.41. The van der Waals surface area contributed by atoms with Gasteiger partial charge in [-0.2, -0.15) is 4.98 Å². The van der Waals surface area contributed by atoms with Crippen LogP contribution in [0.3, 0.4) is 0 Å². The quantitative estimate of drug-likeness (QED) is 0.659. The van der Waals surface area contributed by atoms with Gasteiger partial charge in [-0.05, 0) is 19.1 Å². The number of pyridine rings is 1.